The average Bonchev–Trinajstić information content (AvgIpc) is 2.15. The lowest BCUT2D eigenvalue weighted by Crippen LogP contribution is -1.73. The van der Waals surface area contributed by atoms with Crippen LogP contribution >= 0.6 is 0 Å². The number of rotatable bonds is 3. The molecule has 0 saturated heterocycles. The summed E-state index contributed by atoms with van der Waals surface area (Å²) in [5.41, 5.74) is 1.35. The van der Waals surface area contributed by atoms with Gasteiger partial charge in [0.05, 0.1) is 6.61 Å². The maximum atomic E-state index is 10.0. The van der Waals surface area contributed by atoms with E-state index in [-0.39, 0.29) is 6.61 Å². The zero-order chi connectivity index (χ0) is 8.81. The summed E-state index contributed by atoms with van der Waals surface area (Å²) in [7, 11) is 0. The largest absolute Gasteiger partial charge is 0.392 e. The molecule has 0 amide bonds. The van der Waals surface area contributed by atoms with Gasteiger partial charge in [0.2, 0.25) is 0 Å². The van der Waals surface area contributed by atoms with Crippen LogP contribution in [0.5, 0.6) is 0 Å². The second kappa shape index (κ2) is 4.41. The SMILES string of the molecule is O=Nc1ccc(/C=C/CO)cc1. The van der Waals surface area contributed by atoms with E-state index in [9.17, 15) is 4.91 Å². The van der Waals surface area contributed by atoms with Gasteiger partial charge in [0.15, 0.2) is 0 Å². The van der Waals surface area contributed by atoms with Crippen molar-refractivity contribution in [2.75, 3.05) is 6.61 Å². The number of hydrogen-bond donors (Lipinski definition) is 1. The maximum Gasteiger partial charge on any atom is 0.108 e. The van der Waals surface area contributed by atoms with Crippen molar-refractivity contribution in [3.63, 3.8) is 0 Å². The molecule has 3 heteroatoms. The Morgan fingerprint density at radius 3 is 2.50 bits per heavy atom. The Kier molecular flexibility index (Phi) is 3.17. The van der Waals surface area contributed by atoms with E-state index < -0.39 is 0 Å². The van der Waals surface area contributed by atoms with Crippen LogP contribution in [0.2, 0.25) is 0 Å². The summed E-state index contributed by atoms with van der Waals surface area (Å²) in [5, 5.41) is 11.2. The lowest BCUT2D eigenvalue weighted by Gasteiger charge is -1.91. The van der Waals surface area contributed by atoms with Gasteiger partial charge in [-0.3, -0.25) is 0 Å². The van der Waals surface area contributed by atoms with E-state index in [4.69, 9.17) is 5.11 Å². The Hall–Kier alpha value is -1.48. The highest BCUT2D eigenvalue weighted by atomic mass is 16.3. The van der Waals surface area contributed by atoms with E-state index in [0.29, 0.717) is 5.69 Å². The fourth-order valence-electron chi connectivity index (χ4n) is 0.835. The Morgan fingerprint density at radius 2 is 2.00 bits per heavy atom. The summed E-state index contributed by atoms with van der Waals surface area (Å²) in [6.07, 6.45) is 3.40. The highest BCUT2D eigenvalue weighted by Crippen LogP contribution is 2.12. The molecule has 1 N–H and O–H groups in total. The molecule has 0 unspecified atom stereocenters. The quantitative estimate of drug-likeness (QED) is 0.693. The summed E-state index contributed by atoms with van der Waals surface area (Å²) < 4.78 is 0. The van der Waals surface area contributed by atoms with Crippen LogP contribution in [0.15, 0.2) is 35.5 Å². The maximum absolute atomic E-state index is 10.0. The fourth-order valence-corrected chi connectivity index (χ4v) is 0.835. The zero-order valence-electron chi connectivity index (χ0n) is 6.47. The van der Waals surface area contributed by atoms with Gasteiger partial charge >= 0.3 is 0 Å². The van der Waals surface area contributed by atoms with Crippen LogP contribution in [-0.4, -0.2) is 11.7 Å². The molecule has 0 saturated carbocycles. The normalized spacial score (nSPS) is 10.4. The van der Waals surface area contributed by atoms with Crippen molar-refractivity contribution in [2.45, 2.75) is 0 Å². The topological polar surface area (TPSA) is 49.7 Å². The van der Waals surface area contributed by atoms with Gasteiger partial charge in [-0.2, -0.15) is 0 Å². The van der Waals surface area contributed by atoms with Crippen molar-refractivity contribution in [2.24, 2.45) is 5.18 Å². The Labute approximate surface area is 70.3 Å². The predicted octanol–water partition coefficient (Wildman–Crippen LogP) is 2.09. The summed E-state index contributed by atoms with van der Waals surface area (Å²) in [6.45, 7) is 0.0215. The number of nitroso groups, excluding NO2 is 1. The van der Waals surface area contributed by atoms with Gasteiger partial charge in [-0.05, 0) is 22.9 Å². The minimum Gasteiger partial charge on any atom is -0.392 e. The van der Waals surface area contributed by atoms with Crippen molar-refractivity contribution in [3.05, 3.63) is 40.8 Å². The van der Waals surface area contributed by atoms with Crippen molar-refractivity contribution >= 4 is 11.8 Å². The van der Waals surface area contributed by atoms with Gasteiger partial charge in [0, 0.05) is 0 Å². The number of aliphatic hydroxyl groups is 1. The van der Waals surface area contributed by atoms with Crippen molar-refractivity contribution < 1.29 is 5.11 Å². The van der Waals surface area contributed by atoms with E-state index in [1.807, 2.05) is 0 Å². The fraction of sp³-hybridized carbons (Fsp3) is 0.111. The smallest absolute Gasteiger partial charge is 0.108 e. The molecule has 0 aliphatic carbocycles. The molecular formula is C9H9NO2. The van der Waals surface area contributed by atoms with Gasteiger partial charge < -0.3 is 5.11 Å². The summed E-state index contributed by atoms with van der Waals surface area (Å²) in [4.78, 5) is 10.0. The molecule has 0 bridgehead atoms. The summed E-state index contributed by atoms with van der Waals surface area (Å²) in [5.74, 6) is 0. The summed E-state index contributed by atoms with van der Waals surface area (Å²) in [6, 6.07) is 6.79. The highest BCUT2D eigenvalue weighted by Gasteiger charge is 1.89. The molecule has 0 heterocycles. The van der Waals surface area contributed by atoms with Gasteiger partial charge in [-0.25, -0.2) is 0 Å². The van der Waals surface area contributed by atoms with Gasteiger partial charge in [0.1, 0.15) is 5.69 Å². The molecule has 1 rings (SSSR count). The van der Waals surface area contributed by atoms with E-state index in [2.05, 4.69) is 5.18 Å². The van der Waals surface area contributed by atoms with Crippen LogP contribution in [0.25, 0.3) is 6.08 Å². The second-order valence-corrected chi connectivity index (χ2v) is 2.27. The van der Waals surface area contributed by atoms with Crippen LogP contribution in [0.3, 0.4) is 0 Å². The Balaban J connectivity index is 2.77. The molecule has 0 aliphatic rings. The molecule has 0 aliphatic heterocycles. The third kappa shape index (κ3) is 2.29. The van der Waals surface area contributed by atoms with Crippen LogP contribution in [-0.2, 0) is 0 Å². The molecular weight excluding hydrogens is 154 g/mol. The molecule has 12 heavy (non-hydrogen) atoms. The van der Waals surface area contributed by atoms with Crippen LogP contribution in [0.1, 0.15) is 5.56 Å². The number of aliphatic hydroxyl groups excluding tert-OH is 1. The molecule has 0 atom stereocenters. The molecule has 0 spiro atoms. The molecule has 0 aromatic heterocycles. The lowest BCUT2D eigenvalue weighted by molar-refractivity contribution is 0.343. The predicted molar refractivity (Wildman–Crippen MR) is 48.0 cm³/mol. The lowest BCUT2D eigenvalue weighted by atomic mass is 10.2. The number of nitrogens with zero attached hydrogens (tertiary/aromatic N) is 1. The van der Waals surface area contributed by atoms with Gasteiger partial charge in [0.25, 0.3) is 0 Å². The number of benzene rings is 1. The Bertz CT molecular complexity index is 277. The minimum atomic E-state index is 0.0215. The third-order valence-electron chi connectivity index (χ3n) is 1.41. The first-order valence-electron chi connectivity index (χ1n) is 3.57. The third-order valence-corrected chi connectivity index (χ3v) is 1.41. The van der Waals surface area contributed by atoms with Gasteiger partial charge in [-0.1, -0.05) is 24.3 Å². The first-order valence-corrected chi connectivity index (χ1v) is 3.57. The molecule has 0 radical (unpaired) electrons. The van der Waals surface area contributed by atoms with E-state index in [0.717, 1.165) is 5.56 Å². The molecule has 1 aromatic rings. The van der Waals surface area contributed by atoms with Gasteiger partial charge in [-0.15, -0.1) is 4.91 Å². The minimum absolute atomic E-state index is 0.0215. The van der Waals surface area contributed by atoms with Crippen LogP contribution in [0, 0.1) is 4.91 Å². The first-order chi connectivity index (χ1) is 5.86. The second-order valence-electron chi connectivity index (χ2n) is 2.27. The molecule has 1 aromatic carbocycles. The Morgan fingerprint density at radius 1 is 1.33 bits per heavy atom. The average molecular weight is 163 g/mol. The van der Waals surface area contributed by atoms with Crippen molar-refractivity contribution in [1.82, 2.24) is 0 Å². The number of hydrogen-bond acceptors (Lipinski definition) is 3. The molecule has 0 fully saturated rings. The highest BCUT2D eigenvalue weighted by molar-refractivity contribution is 5.52. The van der Waals surface area contributed by atoms with E-state index in [1.54, 1.807) is 36.4 Å². The van der Waals surface area contributed by atoms with Crippen molar-refractivity contribution in [3.8, 4) is 0 Å². The van der Waals surface area contributed by atoms with E-state index >= 15 is 0 Å². The standard InChI is InChI=1S/C9H9NO2/c11-7-1-2-8-3-5-9(10-12)6-4-8/h1-6,11H,7H2/b2-1+. The summed E-state index contributed by atoms with van der Waals surface area (Å²) >= 11 is 0. The first kappa shape index (κ1) is 8.62. The monoisotopic (exact) mass is 163 g/mol. The van der Waals surface area contributed by atoms with E-state index in [1.165, 1.54) is 0 Å². The van der Waals surface area contributed by atoms with Crippen molar-refractivity contribution in [1.29, 1.82) is 0 Å². The van der Waals surface area contributed by atoms with Crippen LogP contribution in [0.4, 0.5) is 5.69 Å². The van der Waals surface area contributed by atoms with Crippen LogP contribution < -0.4 is 0 Å². The molecule has 62 valence electrons. The zero-order valence-corrected chi connectivity index (χ0v) is 6.47. The molecule has 3 nitrogen and oxygen atoms in total.